The van der Waals surface area contributed by atoms with Crippen molar-refractivity contribution in [3.05, 3.63) is 94.5 Å². The number of carbonyl (C=O) groups excluding carboxylic acids is 2. The van der Waals surface area contributed by atoms with Crippen LogP contribution in [0.25, 0.3) is 6.08 Å². The molecule has 0 bridgehead atoms. The monoisotopic (exact) mass is 448 g/mol. The number of halogens is 1. The number of carbonyl (C=O) groups is 2. The molecule has 162 valence electrons. The summed E-state index contributed by atoms with van der Waals surface area (Å²) in [5.41, 5.74) is 4.73. The van der Waals surface area contributed by atoms with E-state index >= 15 is 0 Å². The number of hydrogen-bond donors (Lipinski definition) is 1. The summed E-state index contributed by atoms with van der Waals surface area (Å²) >= 11 is 6.20. The molecule has 1 aliphatic heterocycles. The van der Waals surface area contributed by atoms with E-state index in [1.54, 1.807) is 54.6 Å². The number of rotatable bonds is 7. The van der Waals surface area contributed by atoms with Gasteiger partial charge in [-0.25, -0.2) is 5.01 Å². The summed E-state index contributed by atoms with van der Waals surface area (Å²) in [4.78, 5) is 25.2. The minimum atomic E-state index is -0.462. The van der Waals surface area contributed by atoms with Crippen LogP contribution >= 0.6 is 11.6 Å². The van der Waals surface area contributed by atoms with Gasteiger partial charge in [-0.15, -0.1) is 0 Å². The van der Waals surface area contributed by atoms with Crippen LogP contribution in [0.1, 0.15) is 18.1 Å². The standard InChI is InChI=1S/C25H21ClN2O4/c1-2-31-23-15-17(12-13-22(23)32-16-18-8-6-7-11-21(18)26)14-20-24(29)27-28(25(20)30)19-9-4-3-5-10-19/h3-15H,2,16H2,1H3,(H,27,29)/b20-14-. The average Bonchev–Trinajstić information content (AvgIpc) is 3.08. The molecule has 0 spiro atoms. The van der Waals surface area contributed by atoms with Gasteiger partial charge in [0.25, 0.3) is 11.8 Å². The lowest BCUT2D eigenvalue weighted by atomic mass is 10.1. The van der Waals surface area contributed by atoms with E-state index < -0.39 is 11.8 Å². The number of amides is 2. The number of ether oxygens (including phenoxy) is 2. The van der Waals surface area contributed by atoms with Crippen LogP contribution in [-0.4, -0.2) is 18.4 Å². The summed E-state index contributed by atoms with van der Waals surface area (Å²) < 4.78 is 11.6. The van der Waals surface area contributed by atoms with Crippen LogP contribution in [0.2, 0.25) is 5.02 Å². The van der Waals surface area contributed by atoms with E-state index in [9.17, 15) is 9.59 Å². The molecule has 7 heteroatoms. The maximum Gasteiger partial charge on any atom is 0.282 e. The number of hydrogen-bond acceptors (Lipinski definition) is 4. The fourth-order valence-corrected chi connectivity index (χ4v) is 3.45. The molecule has 0 unspecified atom stereocenters. The third kappa shape index (κ3) is 4.60. The highest BCUT2D eigenvalue weighted by atomic mass is 35.5. The van der Waals surface area contributed by atoms with Gasteiger partial charge >= 0.3 is 0 Å². The zero-order valence-corrected chi connectivity index (χ0v) is 18.1. The van der Waals surface area contributed by atoms with Crippen LogP contribution in [0.15, 0.2) is 78.4 Å². The Bertz CT molecular complexity index is 1180. The first-order valence-corrected chi connectivity index (χ1v) is 10.5. The SMILES string of the molecule is CCOc1cc(/C=C2/C(=O)NN(c3ccccc3)C2=O)ccc1OCc1ccccc1Cl. The number of anilines is 1. The first kappa shape index (κ1) is 21.5. The lowest BCUT2D eigenvalue weighted by Gasteiger charge is -2.14. The Labute approximate surface area is 191 Å². The molecule has 2 amide bonds. The number of benzene rings is 3. The summed E-state index contributed by atoms with van der Waals surface area (Å²) in [6.45, 7) is 2.59. The number of hydrazine groups is 1. The second-order valence-electron chi connectivity index (χ2n) is 6.99. The minimum absolute atomic E-state index is 0.0426. The molecule has 0 atom stereocenters. The molecule has 1 aliphatic rings. The predicted molar refractivity (Wildman–Crippen MR) is 123 cm³/mol. The average molecular weight is 449 g/mol. The Morgan fingerprint density at radius 1 is 0.938 bits per heavy atom. The maximum atomic E-state index is 12.8. The van der Waals surface area contributed by atoms with Gasteiger partial charge in [-0.1, -0.05) is 54.1 Å². The van der Waals surface area contributed by atoms with Crippen molar-refractivity contribution in [2.45, 2.75) is 13.5 Å². The van der Waals surface area contributed by atoms with E-state index in [1.165, 1.54) is 5.01 Å². The summed E-state index contributed by atoms with van der Waals surface area (Å²) in [5.74, 6) is 0.177. The topological polar surface area (TPSA) is 67.9 Å². The zero-order valence-electron chi connectivity index (χ0n) is 17.4. The van der Waals surface area contributed by atoms with E-state index in [-0.39, 0.29) is 12.2 Å². The van der Waals surface area contributed by atoms with Crippen LogP contribution in [0.4, 0.5) is 5.69 Å². The smallest absolute Gasteiger partial charge is 0.282 e. The molecule has 4 rings (SSSR count). The molecule has 1 N–H and O–H groups in total. The molecule has 0 aliphatic carbocycles. The van der Waals surface area contributed by atoms with Gasteiger partial charge in [-0.05, 0) is 48.9 Å². The van der Waals surface area contributed by atoms with Crippen LogP contribution in [0.3, 0.4) is 0 Å². The van der Waals surface area contributed by atoms with E-state index in [4.69, 9.17) is 21.1 Å². The van der Waals surface area contributed by atoms with Gasteiger partial charge in [-0.2, -0.15) is 0 Å². The minimum Gasteiger partial charge on any atom is -0.490 e. The first-order valence-electron chi connectivity index (χ1n) is 10.1. The van der Waals surface area contributed by atoms with Gasteiger partial charge in [0.15, 0.2) is 11.5 Å². The Kier molecular flexibility index (Phi) is 6.42. The normalized spacial score (nSPS) is 14.6. The molecule has 0 radical (unpaired) electrons. The number of para-hydroxylation sites is 1. The first-order chi connectivity index (χ1) is 15.6. The van der Waals surface area contributed by atoms with Crippen molar-refractivity contribution in [1.29, 1.82) is 0 Å². The van der Waals surface area contributed by atoms with Gasteiger partial charge in [-0.3, -0.25) is 15.0 Å². The van der Waals surface area contributed by atoms with E-state index in [1.807, 2.05) is 31.2 Å². The highest BCUT2D eigenvalue weighted by Crippen LogP contribution is 2.31. The molecule has 32 heavy (non-hydrogen) atoms. The van der Waals surface area contributed by atoms with Gasteiger partial charge in [0.05, 0.1) is 12.3 Å². The number of nitrogens with one attached hydrogen (secondary N) is 1. The molecule has 6 nitrogen and oxygen atoms in total. The van der Waals surface area contributed by atoms with Crippen molar-refractivity contribution >= 4 is 35.2 Å². The van der Waals surface area contributed by atoms with Crippen LogP contribution in [0, 0.1) is 0 Å². The molecule has 0 aromatic heterocycles. The molecule has 1 heterocycles. The summed E-state index contributed by atoms with van der Waals surface area (Å²) in [7, 11) is 0. The van der Waals surface area contributed by atoms with Gasteiger partial charge in [0, 0.05) is 10.6 Å². The number of nitrogens with zero attached hydrogens (tertiary/aromatic N) is 1. The highest BCUT2D eigenvalue weighted by Gasteiger charge is 2.34. The van der Waals surface area contributed by atoms with E-state index in [0.717, 1.165) is 5.56 Å². The quantitative estimate of drug-likeness (QED) is 0.417. The Balaban J connectivity index is 1.57. The zero-order chi connectivity index (χ0) is 22.5. The van der Waals surface area contributed by atoms with Crippen LogP contribution in [-0.2, 0) is 16.2 Å². The molecule has 3 aromatic carbocycles. The molecule has 0 saturated carbocycles. The Hall–Kier alpha value is -3.77. The van der Waals surface area contributed by atoms with Gasteiger partial charge < -0.3 is 9.47 Å². The summed E-state index contributed by atoms with van der Waals surface area (Å²) in [5, 5.41) is 1.86. The van der Waals surface area contributed by atoms with Crippen LogP contribution < -0.4 is 19.9 Å². The molecule has 1 saturated heterocycles. The summed E-state index contributed by atoms with van der Waals surface area (Å²) in [6, 6.07) is 21.6. The Morgan fingerprint density at radius 3 is 2.44 bits per heavy atom. The lowest BCUT2D eigenvalue weighted by Crippen LogP contribution is -2.35. The second kappa shape index (κ2) is 9.58. The fraction of sp³-hybridized carbons (Fsp3) is 0.120. The van der Waals surface area contributed by atoms with Crippen molar-refractivity contribution in [3.63, 3.8) is 0 Å². The Morgan fingerprint density at radius 2 is 1.69 bits per heavy atom. The van der Waals surface area contributed by atoms with Crippen molar-refractivity contribution in [3.8, 4) is 11.5 Å². The van der Waals surface area contributed by atoms with Crippen molar-refractivity contribution in [2.75, 3.05) is 11.6 Å². The predicted octanol–water partition coefficient (Wildman–Crippen LogP) is 4.78. The van der Waals surface area contributed by atoms with Crippen molar-refractivity contribution in [1.82, 2.24) is 5.43 Å². The maximum absolute atomic E-state index is 12.8. The van der Waals surface area contributed by atoms with E-state index in [2.05, 4.69) is 5.43 Å². The summed E-state index contributed by atoms with van der Waals surface area (Å²) in [6.07, 6.45) is 1.54. The van der Waals surface area contributed by atoms with Crippen LogP contribution in [0.5, 0.6) is 11.5 Å². The van der Waals surface area contributed by atoms with E-state index in [0.29, 0.717) is 34.4 Å². The molecule has 1 fully saturated rings. The fourth-order valence-electron chi connectivity index (χ4n) is 3.26. The largest absolute Gasteiger partial charge is 0.490 e. The molecule has 3 aromatic rings. The second-order valence-corrected chi connectivity index (χ2v) is 7.40. The highest BCUT2D eigenvalue weighted by molar-refractivity contribution is 6.32. The third-order valence-corrected chi connectivity index (χ3v) is 5.19. The van der Waals surface area contributed by atoms with Crippen molar-refractivity contribution < 1.29 is 19.1 Å². The third-order valence-electron chi connectivity index (χ3n) is 4.83. The van der Waals surface area contributed by atoms with Gasteiger partial charge in [0.1, 0.15) is 12.2 Å². The van der Waals surface area contributed by atoms with Crippen molar-refractivity contribution in [2.24, 2.45) is 0 Å². The molecular formula is C25H21ClN2O4. The molecular weight excluding hydrogens is 428 g/mol. The van der Waals surface area contributed by atoms with Gasteiger partial charge in [0.2, 0.25) is 0 Å². The lowest BCUT2D eigenvalue weighted by molar-refractivity contribution is -0.117.